The molecule has 0 heterocycles. The molecule has 6 nitrogen and oxygen atoms in total. The quantitative estimate of drug-likeness (QED) is 0.241. The molecule has 0 unspecified atom stereocenters. The van der Waals surface area contributed by atoms with Gasteiger partial charge < -0.3 is 10.1 Å². The SMILES string of the molecule is Cc1ccccc1NC(=O)C(=O)N/N=C\c1cc(Br)ccc1OCc1c(Cl)cccc1Cl. The summed E-state index contributed by atoms with van der Waals surface area (Å²) >= 11 is 15.8. The molecule has 0 atom stereocenters. The number of halogens is 3. The van der Waals surface area contributed by atoms with E-state index in [9.17, 15) is 9.59 Å². The fourth-order valence-corrected chi connectivity index (χ4v) is 3.56. The summed E-state index contributed by atoms with van der Waals surface area (Å²) in [7, 11) is 0. The van der Waals surface area contributed by atoms with Crippen molar-refractivity contribution in [2.75, 3.05) is 5.32 Å². The molecular formula is C23H18BrCl2N3O3. The molecule has 0 bridgehead atoms. The zero-order valence-electron chi connectivity index (χ0n) is 16.9. The Bertz CT molecular complexity index is 1160. The predicted molar refractivity (Wildman–Crippen MR) is 130 cm³/mol. The van der Waals surface area contributed by atoms with Crippen LogP contribution in [0.1, 0.15) is 16.7 Å². The molecule has 32 heavy (non-hydrogen) atoms. The Morgan fingerprint density at radius 2 is 1.75 bits per heavy atom. The molecule has 0 saturated heterocycles. The number of hydrazone groups is 1. The number of ether oxygens (including phenoxy) is 1. The molecule has 0 radical (unpaired) electrons. The lowest BCUT2D eigenvalue weighted by Crippen LogP contribution is -2.32. The van der Waals surface area contributed by atoms with Crippen molar-refractivity contribution in [3.8, 4) is 5.75 Å². The second-order valence-corrected chi connectivity index (χ2v) is 8.37. The van der Waals surface area contributed by atoms with E-state index in [1.54, 1.807) is 48.5 Å². The highest BCUT2D eigenvalue weighted by molar-refractivity contribution is 9.10. The monoisotopic (exact) mass is 533 g/mol. The lowest BCUT2D eigenvalue weighted by atomic mass is 10.2. The van der Waals surface area contributed by atoms with Crippen LogP contribution in [-0.4, -0.2) is 18.0 Å². The summed E-state index contributed by atoms with van der Waals surface area (Å²) in [6.45, 7) is 1.97. The Labute approximate surface area is 203 Å². The van der Waals surface area contributed by atoms with E-state index in [0.717, 1.165) is 10.0 Å². The number of para-hydroxylation sites is 1. The van der Waals surface area contributed by atoms with Gasteiger partial charge in [-0.2, -0.15) is 5.10 Å². The molecular weight excluding hydrogens is 517 g/mol. The van der Waals surface area contributed by atoms with Gasteiger partial charge in [-0.3, -0.25) is 9.59 Å². The lowest BCUT2D eigenvalue weighted by Gasteiger charge is -2.12. The Hall–Kier alpha value is -2.87. The molecule has 2 N–H and O–H groups in total. The van der Waals surface area contributed by atoms with Crippen LogP contribution in [-0.2, 0) is 16.2 Å². The minimum atomic E-state index is -0.898. The highest BCUT2D eigenvalue weighted by atomic mass is 79.9. The Kier molecular flexibility index (Phi) is 8.27. The third kappa shape index (κ3) is 6.32. The summed E-state index contributed by atoms with van der Waals surface area (Å²) in [4.78, 5) is 24.2. The van der Waals surface area contributed by atoms with E-state index in [-0.39, 0.29) is 6.61 Å². The molecule has 0 spiro atoms. The molecule has 0 aliphatic heterocycles. The van der Waals surface area contributed by atoms with Gasteiger partial charge in [0.05, 0.1) is 6.21 Å². The van der Waals surface area contributed by atoms with Crippen LogP contribution in [0.2, 0.25) is 10.0 Å². The highest BCUT2D eigenvalue weighted by Gasteiger charge is 2.14. The van der Waals surface area contributed by atoms with Crippen molar-refractivity contribution in [3.05, 3.63) is 91.9 Å². The first-order valence-electron chi connectivity index (χ1n) is 9.40. The first kappa shape index (κ1) is 23.8. The molecule has 3 aromatic carbocycles. The minimum absolute atomic E-state index is 0.145. The zero-order chi connectivity index (χ0) is 23.1. The fraction of sp³-hybridized carbons (Fsp3) is 0.0870. The number of hydrogen-bond acceptors (Lipinski definition) is 4. The van der Waals surface area contributed by atoms with E-state index in [1.165, 1.54) is 6.21 Å². The van der Waals surface area contributed by atoms with Gasteiger partial charge in [0.25, 0.3) is 0 Å². The number of aryl methyl sites for hydroxylation is 1. The van der Waals surface area contributed by atoms with Crippen LogP contribution in [0, 0.1) is 6.92 Å². The summed E-state index contributed by atoms with van der Waals surface area (Å²) in [6, 6.07) is 17.7. The first-order chi connectivity index (χ1) is 15.3. The molecule has 0 fully saturated rings. The molecule has 2 amide bonds. The van der Waals surface area contributed by atoms with Gasteiger partial charge in [-0.15, -0.1) is 0 Å². The Balaban J connectivity index is 1.66. The van der Waals surface area contributed by atoms with E-state index in [4.69, 9.17) is 27.9 Å². The topological polar surface area (TPSA) is 79.8 Å². The average Bonchev–Trinajstić information content (AvgIpc) is 2.76. The number of nitrogens with one attached hydrogen (secondary N) is 2. The standard InChI is InChI=1S/C23H18BrCl2N3O3/c1-14-5-2-3-8-20(14)28-22(30)23(31)29-27-12-15-11-16(24)9-10-21(15)32-13-17-18(25)6-4-7-19(17)26/h2-12H,13H2,1H3,(H,28,30)(H,29,31)/b27-12-. The summed E-state index contributed by atoms with van der Waals surface area (Å²) < 4.78 is 6.65. The van der Waals surface area contributed by atoms with Crippen molar-refractivity contribution in [1.82, 2.24) is 5.43 Å². The number of carbonyl (C=O) groups is 2. The van der Waals surface area contributed by atoms with E-state index >= 15 is 0 Å². The normalized spacial score (nSPS) is 10.8. The zero-order valence-corrected chi connectivity index (χ0v) is 20.0. The van der Waals surface area contributed by atoms with Crippen LogP contribution in [0.3, 0.4) is 0 Å². The molecule has 9 heteroatoms. The van der Waals surface area contributed by atoms with Crippen LogP contribution >= 0.6 is 39.1 Å². The summed E-state index contributed by atoms with van der Waals surface area (Å²) in [5.41, 5.74) is 4.83. The van der Waals surface area contributed by atoms with E-state index < -0.39 is 11.8 Å². The first-order valence-corrected chi connectivity index (χ1v) is 11.0. The van der Waals surface area contributed by atoms with E-state index in [1.807, 2.05) is 19.1 Å². The van der Waals surface area contributed by atoms with Crippen molar-refractivity contribution in [1.29, 1.82) is 0 Å². The number of benzene rings is 3. The van der Waals surface area contributed by atoms with E-state index in [2.05, 4.69) is 31.8 Å². The van der Waals surface area contributed by atoms with Gasteiger partial charge in [0.15, 0.2) is 0 Å². The van der Waals surface area contributed by atoms with Gasteiger partial charge in [0.2, 0.25) is 0 Å². The van der Waals surface area contributed by atoms with Crippen LogP contribution in [0.25, 0.3) is 0 Å². The van der Waals surface area contributed by atoms with Crippen LogP contribution in [0.15, 0.2) is 70.2 Å². The predicted octanol–water partition coefficient (Wildman–Crippen LogP) is 5.73. The Morgan fingerprint density at radius 3 is 2.47 bits per heavy atom. The molecule has 3 aromatic rings. The number of amides is 2. The molecule has 0 aliphatic rings. The highest BCUT2D eigenvalue weighted by Crippen LogP contribution is 2.28. The number of anilines is 1. The number of nitrogens with zero attached hydrogens (tertiary/aromatic N) is 1. The lowest BCUT2D eigenvalue weighted by molar-refractivity contribution is -0.136. The van der Waals surface area contributed by atoms with E-state index in [0.29, 0.717) is 32.6 Å². The van der Waals surface area contributed by atoms with Gasteiger partial charge in [0, 0.05) is 31.3 Å². The Morgan fingerprint density at radius 1 is 1.03 bits per heavy atom. The van der Waals surface area contributed by atoms with Crippen molar-refractivity contribution >= 4 is 62.8 Å². The van der Waals surface area contributed by atoms with Crippen LogP contribution < -0.4 is 15.5 Å². The van der Waals surface area contributed by atoms with Crippen LogP contribution in [0.5, 0.6) is 5.75 Å². The van der Waals surface area contributed by atoms with Crippen molar-refractivity contribution in [3.63, 3.8) is 0 Å². The minimum Gasteiger partial charge on any atom is -0.488 e. The fourth-order valence-electron chi connectivity index (χ4n) is 2.68. The number of hydrogen-bond donors (Lipinski definition) is 2. The molecule has 164 valence electrons. The number of carbonyl (C=O) groups excluding carboxylic acids is 2. The molecule has 0 saturated carbocycles. The number of rotatable bonds is 6. The third-order valence-corrected chi connectivity index (χ3v) is 5.58. The largest absolute Gasteiger partial charge is 0.488 e. The van der Waals surface area contributed by atoms with Gasteiger partial charge in [-0.1, -0.05) is 63.4 Å². The van der Waals surface area contributed by atoms with Crippen molar-refractivity contribution < 1.29 is 14.3 Å². The second kappa shape index (κ2) is 11.1. The summed E-state index contributed by atoms with van der Waals surface area (Å²) in [5.74, 6) is -1.23. The maximum Gasteiger partial charge on any atom is 0.329 e. The maximum atomic E-state index is 12.1. The third-order valence-electron chi connectivity index (χ3n) is 4.37. The van der Waals surface area contributed by atoms with Gasteiger partial charge in [0.1, 0.15) is 12.4 Å². The average molecular weight is 535 g/mol. The van der Waals surface area contributed by atoms with Gasteiger partial charge >= 0.3 is 11.8 Å². The summed E-state index contributed by atoms with van der Waals surface area (Å²) in [6.07, 6.45) is 1.38. The van der Waals surface area contributed by atoms with Gasteiger partial charge in [-0.25, -0.2) is 5.43 Å². The smallest absolute Gasteiger partial charge is 0.329 e. The molecule has 0 aliphatic carbocycles. The summed E-state index contributed by atoms with van der Waals surface area (Å²) in [5, 5.41) is 7.42. The molecule has 3 rings (SSSR count). The maximum absolute atomic E-state index is 12.1. The molecule has 0 aromatic heterocycles. The van der Waals surface area contributed by atoms with Crippen LogP contribution in [0.4, 0.5) is 5.69 Å². The van der Waals surface area contributed by atoms with Crippen molar-refractivity contribution in [2.45, 2.75) is 13.5 Å². The second-order valence-electron chi connectivity index (χ2n) is 6.64. The van der Waals surface area contributed by atoms with Crippen molar-refractivity contribution in [2.24, 2.45) is 5.10 Å². The van der Waals surface area contributed by atoms with Gasteiger partial charge in [-0.05, 0) is 48.9 Å².